The fourth-order valence-electron chi connectivity index (χ4n) is 3.48. The van der Waals surface area contributed by atoms with E-state index in [4.69, 9.17) is 14.9 Å². The van der Waals surface area contributed by atoms with Crippen molar-refractivity contribution < 1.29 is 32.6 Å². The minimum absolute atomic E-state index is 0.0509. The van der Waals surface area contributed by atoms with Gasteiger partial charge in [0.05, 0.1) is 42.0 Å². The van der Waals surface area contributed by atoms with Gasteiger partial charge >= 0.3 is 0 Å². The van der Waals surface area contributed by atoms with E-state index in [-0.39, 0.29) is 22.5 Å². The SMILES string of the molecule is COc1cc(O)c(F)c(C(=O)c2oc3cnc(Nc4c(C)cncc4N)cc3c2NC(C)=O)c1F. The molecule has 1 amide bonds. The number of nitrogen functional groups attached to an aromatic ring is 1. The van der Waals surface area contributed by atoms with Crippen LogP contribution in [0.1, 0.15) is 28.6 Å². The Bertz CT molecular complexity index is 1480. The van der Waals surface area contributed by atoms with Crippen molar-refractivity contribution in [2.75, 3.05) is 23.5 Å². The molecule has 0 radical (unpaired) electrons. The maximum atomic E-state index is 14.8. The second-order valence-corrected chi connectivity index (χ2v) is 7.53. The number of pyridine rings is 2. The molecule has 5 N–H and O–H groups in total. The molecule has 4 aromatic rings. The van der Waals surface area contributed by atoms with Gasteiger partial charge in [-0.1, -0.05) is 0 Å². The number of hydrogen-bond acceptors (Lipinski definition) is 9. The maximum absolute atomic E-state index is 14.8. The zero-order valence-electron chi connectivity index (χ0n) is 18.7. The zero-order chi connectivity index (χ0) is 25.4. The van der Waals surface area contributed by atoms with E-state index in [1.54, 1.807) is 13.1 Å². The van der Waals surface area contributed by atoms with Crippen LogP contribution >= 0.6 is 0 Å². The number of ether oxygens (including phenoxy) is 1. The summed E-state index contributed by atoms with van der Waals surface area (Å²) in [6.07, 6.45) is 4.32. The minimum Gasteiger partial charge on any atom is -0.505 e. The molecule has 0 bridgehead atoms. The smallest absolute Gasteiger partial charge is 0.236 e. The van der Waals surface area contributed by atoms with E-state index in [1.807, 2.05) is 0 Å². The van der Waals surface area contributed by atoms with Gasteiger partial charge in [-0.2, -0.15) is 0 Å². The van der Waals surface area contributed by atoms with Gasteiger partial charge in [-0.25, -0.2) is 13.8 Å². The van der Waals surface area contributed by atoms with Crippen LogP contribution in [0.5, 0.6) is 11.5 Å². The lowest BCUT2D eigenvalue weighted by atomic mass is 10.0. The van der Waals surface area contributed by atoms with Crippen LogP contribution in [0.25, 0.3) is 11.0 Å². The molecule has 3 aromatic heterocycles. The highest BCUT2D eigenvalue weighted by Crippen LogP contribution is 2.38. The molecule has 10 nitrogen and oxygen atoms in total. The van der Waals surface area contributed by atoms with Crippen LogP contribution < -0.4 is 21.1 Å². The number of hydrogen-bond donors (Lipinski definition) is 4. The molecule has 12 heteroatoms. The molecule has 0 saturated heterocycles. The summed E-state index contributed by atoms with van der Waals surface area (Å²) in [7, 11) is 1.09. The van der Waals surface area contributed by atoms with E-state index in [0.717, 1.165) is 12.7 Å². The number of ketones is 1. The fraction of sp³-hybridized carbons (Fsp3) is 0.130. The van der Waals surface area contributed by atoms with Gasteiger partial charge in [0, 0.05) is 19.2 Å². The lowest BCUT2D eigenvalue weighted by molar-refractivity contribution is -0.114. The van der Waals surface area contributed by atoms with E-state index in [1.165, 1.54) is 25.4 Å². The largest absolute Gasteiger partial charge is 0.505 e. The molecule has 0 aliphatic heterocycles. The number of anilines is 4. The number of nitrogens with one attached hydrogen (secondary N) is 2. The number of rotatable bonds is 6. The van der Waals surface area contributed by atoms with E-state index >= 15 is 0 Å². The average molecular weight is 483 g/mol. The number of nitrogens with zero attached hydrogens (tertiary/aromatic N) is 2. The van der Waals surface area contributed by atoms with Gasteiger partial charge in [-0.05, 0) is 18.6 Å². The summed E-state index contributed by atoms with van der Waals surface area (Å²) in [6.45, 7) is 2.97. The summed E-state index contributed by atoms with van der Waals surface area (Å²) >= 11 is 0. The number of furan rings is 1. The number of phenolic OH excluding ortho intramolecular Hbond substituents is 1. The zero-order valence-corrected chi connectivity index (χ0v) is 18.7. The molecule has 0 fully saturated rings. The number of benzene rings is 1. The highest BCUT2D eigenvalue weighted by molar-refractivity contribution is 6.17. The summed E-state index contributed by atoms with van der Waals surface area (Å²) in [5.74, 6) is -6.53. The number of aryl methyl sites for hydroxylation is 1. The molecule has 0 unspecified atom stereocenters. The number of methoxy groups -OCH3 is 1. The molecule has 35 heavy (non-hydrogen) atoms. The fourth-order valence-corrected chi connectivity index (χ4v) is 3.48. The highest BCUT2D eigenvalue weighted by Gasteiger charge is 2.31. The quantitative estimate of drug-likeness (QED) is 0.298. The lowest BCUT2D eigenvalue weighted by Gasteiger charge is -2.11. The Hall–Kier alpha value is -4.74. The number of aromatic nitrogens is 2. The van der Waals surface area contributed by atoms with Gasteiger partial charge < -0.3 is 30.6 Å². The summed E-state index contributed by atoms with van der Waals surface area (Å²) in [4.78, 5) is 33.3. The average Bonchev–Trinajstić information content (AvgIpc) is 3.16. The first-order chi connectivity index (χ1) is 16.6. The first kappa shape index (κ1) is 23.4. The monoisotopic (exact) mass is 483 g/mol. The van der Waals surface area contributed by atoms with Gasteiger partial charge in [0.25, 0.3) is 0 Å². The van der Waals surface area contributed by atoms with E-state index in [0.29, 0.717) is 17.4 Å². The Morgan fingerprint density at radius 2 is 1.89 bits per heavy atom. The number of phenols is 1. The summed E-state index contributed by atoms with van der Waals surface area (Å²) < 4.78 is 39.7. The van der Waals surface area contributed by atoms with Crippen molar-refractivity contribution in [3.63, 3.8) is 0 Å². The first-order valence-electron chi connectivity index (χ1n) is 10.1. The summed E-state index contributed by atoms with van der Waals surface area (Å²) in [5.41, 5.74) is 6.42. The second-order valence-electron chi connectivity index (χ2n) is 7.53. The number of carbonyl (C=O) groups excluding carboxylic acids is 2. The molecule has 0 aliphatic carbocycles. The van der Waals surface area contributed by atoms with Crippen molar-refractivity contribution in [1.29, 1.82) is 0 Å². The van der Waals surface area contributed by atoms with Gasteiger partial charge in [0.1, 0.15) is 11.4 Å². The Morgan fingerprint density at radius 1 is 1.14 bits per heavy atom. The molecule has 180 valence electrons. The Kier molecular flexibility index (Phi) is 5.95. The highest BCUT2D eigenvalue weighted by atomic mass is 19.1. The normalized spacial score (nSPS) is 10.9. The number of fused-ring (bicyclic) bond motifs is 1. The maximum Gasteiger partial charge on any atom is 0.236 e. The van der Waals surface area contributed by atoms with Crippen molar-refractivity contribution >= 4 is 45.5 Å². The Morgan fingerprint density at radius 3 is 2.54 bits per heavy atom. The third-order valence-electron chi connectivity index (χ3n) is 5.10. The number of amides is 1. The van der Waals surface area contributed by atoms with E-state index in [2.05, 4.69) is 20.6 Å². The van der Waals surface area contributed by atoms with Crippen LogP contribution in [0, 0.1) is 18.6 Å². The molecular weight excluding hydrogens is 464 g/mol. The lowest BCUT2D eigenvalue weighted by Crippen LogP contribution is -2.13. The first-order valence-corrected chi connectivity index (χ1v) is 10.1. The topological polar surface area (TPSA) is 153 Å². The summed E-state index contributed by atoms with van der Waals surface area (Å²) in [6, 6.07) is 2.17. The Balaban J connectivity index is 1.87. The molecule has 3 heterocycles. The Labute approximate surface area is 196 Å². The van der Waals surface area contributed by atoms with Crippen molar-refractivity contribution in [3.8, 4) is 11.5 Å². The van der Waals surface area contributed by atoms with Gasteiger partial charge in [0.15, 0.2) is 34.5 Å². The van der Waals surface area contributed by atoms with Gasteiger partial charge in [-0.3, -0.25) is 14.6 Å². The van der Waals surface area contributed by atoms with Gasteiger partial charge in [-0.15, -0.1) is 0 Å². The summed E-state index contributed by atoms with van der Waals surface area (Å²) in [5, 5.41) is 15.5. The number of halogens is 2. The van der Waals surface area contributed by atoms with Crippen molar-refractivity contribution in [3.05, 3.63) is 59.2 Å². The number of nitrogens with two attached hydrogens (primary N) is 1. The number of carbonyl (C=O) groups is 2. The standard InChI is InChI=1S/C23H19F2N5O5/c1-9-6-27-7-12(26)20(9)30-16-4-11-15(8-28-16)35-23(21(11)29-10(2)31)22(33)17-18(24)13(32)5-14(34-3)19(17)25/h4-8,32H,26H2,1-3H3,(H,29,31)(H,27,28,30). The van der Waals surface area contributed by atoms with Crippen LogP contribution in [0.15, 0.2) is 35.1 Å². The third kappa shape index (κ3) is 4.16. The van der Waals surface area contributed by atoms with E-state index in [9.17, 15) is 23.5 Å². The molecule has 0 aliphatic rings. The van der Waals surface area contributed by atoms with Crippen LogP contribution in [0.4, 0.5) is 31.7 Å². The molecule has 0 atom stereocenters. The van der Waals surface area contributed by atoms with E-state index < -0.39 is 46.1 Å². The second kappa shape index (κ2) is 8.89. The van der Waals surface area contributed by atoms with Crippen molar-refractivity contribution in [2.24, 2.45) is 0 Å². The van der Waals surface area contributed by atoms with Gasteiger partial charge in [0.2, 0.25) is 11.7 Å². The molecule has 1 aromatic carbocycles. The van der Waals surface area contributed by atoms with Crippen LogP contribution in [0.3, 0.4) is 0 Å². The molecule has 0 spiro atoms. The van der Waals surface area contributed by atoms with Crippen molar-refractivity contribution in [2.45, 2.75) is 13.8 Å². The molecular formula is C23H19F2N5O5. The van der Waals surface area contributed by atoms with Crippen LogP contribution in [-0.4, -0.2) is 33.9 Å². The molecule has 0 saturated carbocycles. The van der Waals surface area contributed by atoms with Crippen LogP contribution in [0.2, 0.25) is 0 Å². The predicted molar refractivity (Wildman–Crippen MR) is 123 cm³/mol. The number of aromatic hydroxyl groups is 1. The van der Waals surface area contributed by atoms with Crippen molar-refractivity contribution in [1.82, 2.24) is 9.97 Å². The minimum atomic E-state index is -1.51. The predicted octanol–water partition coefficient (Wildman–Crippen LogP) is 4.04. The third-order valence-corrected chi connectivity index (χ3v) is 5.10. The molecule has 4 rings (SSSR count). The van der Waals surface area contributed by atoms with Crippen LogP contribution in [-0.2, 0) is 4.79 Å².